The molecule has 1 N–H and O–H groups in total. The Morgan fingerprint density at radius 3 is 2.79 bits per heavy atom. The van der Waals surface area contributed by atoms with Crippen molar-refractivity contribution < 1.29 is 13.6 Å². The molecule has 5 nitrogen and oxygen atoms in total. The van der Waals surface area contributed by atoms with Gasteiger partial charge in [0.05, 0.1) is 6.54 Å². The van der Waals surface area contributed by atoms with Gasteiger partial charge in [0.1, 0.15) is 5.82 Å². The summed E-state index contributed by atoms with van der Waals surface area (Å²) in [5, 5.41) is 10.7. The summed E-state index contributed by atoms with van der Waals surface area (Å²) in [5.74, 6) is 0.479. The van der Waals surface area contributed by atoms with E-state index in [4.69, 9.17) is 4.42 Å². The van der Waals surface area contributed by atoms with E-state index in [0.29, 0.717) is 16.7 Å². The molecule has 1 heterocycles. The highest BCUT2D eigenvalue weighted by molar-refractivity contribution is 7.99. The fourth-order valence-corrected chi connectivity index (χ4v) is 1.85. The predicted molar refractivity (Wildman–Crippen MR) is 68.3 cm³/mol. The maximum Gasteiger partial charge on any atom is 0.276 e. The molecule has 0 saturated carbocycles. The van der Waals surface area contributed by atoms with Crippen molar-refractivity contribution in [1.29, 1.82) is 0 Å². The summed E-state index contributed by atoms with van der Waals surface area (Å²) in [6, 6.07) is 5.29. The number of carbonyl (C=O) groups is 1. The van der Waals surface area contributed by atoms with Gasteiger partial charge in [-0.3, -0.25) is 4.79 Å². The molecule has 0 unspecified atom stereocenters. The van der Waals surface area contributed by atoms with Gasteiger partial charge in [-0.1, -0.05) is 18.7 Å². The number of hydrogen-bond acceptors (Lipinski definition) is 5. The number of amides is 1. The number of nitrogens with one attached hydrogen (secondary N) is 1. The minimum absolute atomic E-state index is 0.146. The number of benzene rings is 1. The van der Waals surface area contributed by atoms with Crippen molar-refractivity contribution in [2.75, 3.05) is 5.75 Å². The zero-order valence-electron chi connectivity index (χ0n) is 10.2. The molecule has 0 saturated heterocycles. The first-order valence-electron chi connectivity index (χ1n) is 5.68. The molecule has 2 rings (SSSR count). The largest absolute Gasteiger partial charge is 0.414 e. The van der Waals surface area contributed by atoms with Crippen LogP contribution in [-0.4, -0.2) is 21.9 Å². The molecule has 1 amide bonds. The summed E-state index contributed by atoms with van der Waals surface area (Å²) in [4.78, 5) is 11.7. The summed E-state index contributed by atoms with van der Waals surface area (Å²) >= 11 is 1.43. The molecule has 2 aromatic rings. The van der Waals surface area contributed by atoms with Crippen LogP contribution in [0.15, 0.2) is 33.9 Å². The van der Waals surface area contributed by atoms with E-state index in [1.54, 1.807) is 0 Å². The molecule has 0 bridgehead atoms. The highest BCUT2D eigenvalue weighted by Gasteiger charge is 2.09. The van der Waals surface area contributed by atoms with E-state index in [-0.39, 0.29) is 18.3 Å². The third-order valence-electron chi connectivity index (χ3n) is 2.22. The first kappa shape index (κ1) is 13.5. The van der Waals surface area contributed by atoms with Crippen LogP contribution in [0.4, 0.5) is 4.39 Å². The lowest BCUT2D eigenvalue weighted by Gasteiger charge is -2.01. The average Bonchev–Trinajstić information content (AvgIpc) is 2.85. The van der Waals surface area contributed by atoms with E-state index in [2.05, 4.69) is 15.5 Å². The molecule has 1 aromatic carbocycles. The van der Waals surface area contributed by atoms with Crippen LogP contribution < -0.4 is 5.32 Å². The third kappa shape index (κ3) is 3.78. The monoisotopic (exact) mass is 281 g/mol. The van der Waals surface area contributed by atoms with Crippen molar-refractivity contribution in [3.8, 4) is 0 Å². The molecule has 0 spiro atoms. The van der Waals surface area contributed by atoms with E-state index < -0.39 is 0 Å². The lowest BCUT2D eigenvalue weighted by Crippen LogP contribution is -2.22. The zero-order valence-corrected chi connectivity index (χ0v) is 11.0. The molecule has 7 heteroatoms. The highest BCUT2D eigenvalue weighted by Crippen LogP contribution is 2.14. The van der Waals surface area contributed by atoms with Crippen molar-refractivity contribution in [2.24, 2.45) is 0 Å². The van der Waals surface area contributed by atoms with Crippen LogP contribution in [0, 0.1) is 5.82 Å². The maximum absolute atomic E-state index is 12.7. The number of hydrogen-bond donors (Lipinski definition) is 1. The number of carbonyl (C=O) groups excluding carboxylic acids is 1. The number of rotatable bonds is 5. The van der Waals surface area contributed by atoms with Crippen LogP contribution in [0.25, 0.3) is 0 Å². The first-order valence-corrected chi connectivity index (χ1v) is 6.66. The molecule has 0 atom stereocenters. The predicted octanol–water partition coefficient (Wildman–Crippen LogP) is 2.25. The Bertz CT molecular complexity index is 556. The summed E-state index contributed by atoms with van der Waals surface area (Å²) in [5.41, 5.74) is 0.379. The van der Waals surface area contributed by atoms with Gasteiger partial charge in [-0.25, -0.2) is 4.39 Å². The van der Waals surface area contributed by atoms with Gasteiger partial charge in [-0.2, -0.15) is 0 Å². The maximum atomic E-state index is 12.7. The van der Waals surface area contributed by atoms with Gasteiger partial charge in [-0.05, 0) is 30.0 Å². The fraction of sp³-hybridized carbons (Fsp3) is 0.250. The topological polar surface area (TPSA) is 68.0 Å². The standard InChI is InChI=1S/C12H12FN3O2S/c1-2-19-12-16-15-10(18-12)7-14-11(17)8-3-5-9(13)6-4-8/h3-6H,2,7H2,1H3,(H,14,17). The van der Waals surface area contributed by atoms with Gasteiger partial charge in [0.25, 0.3) is 11.1 Å². The molecule has 1 aromatic heterocycles. The lowest BCUT2D eigenvalue weighted by molar-refractivity contribution is 0.0946. The summed E-state index contributed by atoms with van der Waals surface area (Å²) in [7, 11) is 0. The molecule has 100 valence electrons. The third-order valence-corrected chi connectivity index (χ3v) is 2.92. The van der Waals surface area contributed by atoms with Gasteiger partial charge >= 0.3 is 0 Å². The van der Waals surface area contributed by atoms with E-state index in [9.17, 15) is 9.18 Å². The Hall–Kier alpha value is -1.89. The van der Waals surface area contributed by atoms with Crippen LogP contribution in [0.1, 0.15) is 23.2 Å². The van der Waals surface area contributed by atoms with Crippen LogP contribution in [0.3, 0.4) is 0 Å². The lowest BCUT2D eigenvalue weighted by atomic mass is 10.2. The van der Waals surface area contributed by atoms with Gasteiger partial charge in [0, 0.05) is 5.56 Å². The zero-order chi connectivity index (χ0) is 13.7. The van der Waals surface area contributed by atoms with Crippen LogP contribution in [-0.2, 0) is 6.54 Å². The van der Waals surface area contributed by atoms with Gasteiger partial charge < -0.3 is 9.73 Å². The second-order valence-corrected chi connectivity index (χ2v) is 4.80. The molecule has 19 heavy (non-hydrogen) atoms. The van der Waals surface area contributed by atoms with Gasteiger partial charge in [0.2, 0.25) is 5.89 Å². The molecule has 0 fully saturated rings. The van der Waals surface area contributed by atoms with Gasteiger partial charge in [-0.15, -0.1) is 10.2 Å². The minimum Gasteiger partial charge on any atom is -0.414 e. The van der Waals surface area contributed by atoms with Crippen molar-refractivity contribution >= 4 is 17.7 Å². The van der Waals surface area contributed by atoms with E-state index in [1.165, 1.54) is 36.0 Å². The number of thioether (sulfide) groups is 1. The summed E-state index contributed by atoms with van der Waals surface area (Å²) in [6.45, 7) is 2.12. The minimum atomic E-state index is -0.380. The van der Waals surface area contributed by atoms with Crippen LogP contribution in [0.2, 0.25) is 0 Å². The van der Waals surface area contributed by atoms with Crippen molar-refractivity contribution in [2.45, 2.75) is 18.7 Å². The quantitative estimate of drug-likeness (QED) is 0.851. The molecular weight excluding hydrogens is 269 g/mol. The number of aromatic nitrogens is 2. The average molecular weight is 281 g/mol. The Kier molecular flexibility index (Phi) is 4.51. The summed E-state index contributed by atoms with van der Waals surface area (Å²) in [6.07, 6.45) is 0. The first-order chi connectivity index (χ1) is 9.19. The Balaban J connectivity index is 1.90. The van der Waals surface area contributed by atoms with E-state index in [1.807, 2.05) is 6.92 Å². The fourth-order valence-electron chi connectivity index (χ4n) is 1.35. The molecular formula is C12H12FN3O2S. The molecule has 0 radical (unpaired) electrons. The molecule has 0 aliphatic heterocycles. The Morgan fingerprint density at radius 2 is 2.11 bits per heavy atom. The van der Waals surface area contributed by atoms with Crippen molar-refractivity contribution in [3.63, 3.8) is 0 Å². The molecule has 0 aliphatic rings. The smallest absolute Gasteiger partial charge is 0.276 e. The normalized spacial score (nSPS) is 10.4. The van der Waals surface area contributed by atoms with E-state index >= 15 is 0 Å². The number of halogens is 1. The highest BCUT2D eigenvalue weighted by atomic mass is 32.2. The second-order valence-electron chi connectivity index (χ2n) is 3.58. The van der Waals surface area contributed by atoms with Gasteiger partial charge in [0.15, 0.2) is 0 Å². The van der Waals surface area contributed by atoms with Crippen molar-refractivity contribution in [1.82, 2.24) is 15.5 Å². The summed E-state index contributed by atoms with van der Waals surface area (Å²) < 4.78 is 18.0. The Morgan fingerprint density at radius 1 is 1.37 bits per heavy atom. The number of nitrogens with zero attached hydrogens (tertiary/aromatic N) is 2. The second kappa shape index (κ2) is 6.33. The molecule has 0 aliphatic carbocycles. The van der Waals surface area contributed by atoms with E-state index in [0.717, 1.165) is 5.75 Å². The van der Waals surface area contributed by atoms with Crippen LogP contribution >= 0.6 is 11.8 Å². The van der Waals surface area contributed by atoms with Crippen molar-refractivity contribution in [3.05, 3.63) is 41.5 Å². The Labute approximate surface area is 113 Å². The SMILES string of the molecule is CCSc1nnc(CNC(=O)c2ccc(F)cc2)o1. The van der Waals surface area contributed by atoms with Crippen LogP contribution in [0.5, 0.6) is 0 Å².